The normalized spacial score (nSPS) is 10.4. The number of aromatic amines is 1. The van der Waals surface area contributed by atoms with Gasteiger partial charge in [-0.3, -0.25) is 15.1 Å². The maximum Gasteiger partial charge on any atom is 0.349 e. The molecule has 2 aromatic carbocycles. The Kier molecular flexibility index (Phi) is 3.76. The van der Waals surface area contributed by atoms with Crippen molar-refractivity contribution < 1.29 is 4.79 Å². The van der Waals surface area contributed by atoms with Gasteiger partial charge in [-0.1, -0.05) is 29.8 Å². The monoisotopic (exact) mass is 314 g/mol. The van der Waals surface area contributed by atoms with Crippen LogP contribution >= 0.6 is 11.6 Å². The summed E-state index contributed by atoms with van der Waals surface area (Å²) in [6.45, 7) is 0. The van der Waals surface area contributed by atoms with Crippen LogP contribution in [-0.2, 0) is 0 Å². The number of anilines is 1. The molecule has 0 radical (unpaired) electrons. The first-order valence-electron chi connectivity index (χ1n) is 6.45. The summed E-state index contributed by atoms with van der Waals surface area (Å²) in [6, 6.07) is 15.3. The number of rotatable bonds is 3. The summed E-state index contributed by atoms with van der Waals surface area (Å²) < 4.78 is 1.15. The van der Waals surface area contributed by atoms with Crippen molar-refractivity contribution in [1.82, 2.24) is 14.8 Å². The molecule has 0 saturated heterocycles. The van der Waals surface area contributed by atoms with Gasteiger partial charge in [0, 0.05) is 10.6 Å². The van der Waals surface area contributed by atoms with Gasteiger partial charge in [-0.15, -0.1) is 5.10 Å². The highest BCUT2D eigenvalue weighted by Crippen LogP contribution is 2.12. The molecule has 0 aliphatic heterocycles. The van der Waals surface area contributed by atoms with Gasteiger partial charge in [0.2, 0.25) is 5.95 Å². The molecule has 2 N–H and O–H groups in total. The van der Waals surface area contributed by atoms with Crippen molar-refractivity contribution in [3.8, 4) is 5.69 Å². The smallest absolute Gasteiger partial charge is 0.291 e. The fraction of sp³-hybridized carbons (Fsp3) is 0. The first-order chi connectivity index (χ1) is 10.6. The lowest BCUT2D eigenvalue weighted by Gasteiger charge is -2.01. The maximum atomic E-state index is 12.0. The summed E-state index contributed by atoms with van der Waals surface area (Å²) >= 11 is 5.81. The molecule has 1 heterocycles. The average Bonchev–Trinajstić information content (AvgIpc) is 2.89. The van der Waals surface area contributed by atoms with Gasteiger partial charge in [-0.25, -0.2) is 4.79 Å². The average molecular weight is 315 g/mol. The van der Waals surface area contributed by atoms with Gasteiger partial charge >= 0.3 is 5.69 Å². The number of carbonyl (C=O) groups is 1. The lowest BCUT2D eigenvalue weighted by atomic mass is 10.2. The Morgan fingerprint density at radius 3 is 2.45 bits per heavy atom. The van der Waals surface area contributed by atoms with E-state index in [9.17, 15) is 9.59 Å². The van der Waals surface area contributed by atoms with Crippen molar-refractivity contribution in [1.29, 1.82) is 0 Å². The van der Waals surface area contributed by atoms with Crippen LogP contribution < -0.4 is 11.0 Å². The highest BCUT2D eigenvalue weighted by atomic mass is 35.5. The third-order valence-corrected chi connectivity index (χ3v) is 3.21. The molecule has 0 aliphatic rings. The summed E-state index contributed by atoms with van der Waals surface area (Å²) in [5.74, 6) is -0.272. The van der Waals surface area contributed by atoms with Gasteiger partial charge in [0.25, 0.3) is 5.91 Å². The van der Waals surface area contributed by atoms with E-state index in [0.717, 1.165) is 4.68 Å². The molecule has 0 unspecified atom stereocenters. The van der Waals surface area contributed by atoms with Crippen molar-refractivity contribution in [2.45, 2.75) is 0 Å². The van der Waals surface area contributed by atoms with Gasteiger partial charge in [0.15, 0.2) is 0 Å². The second-order valence-electron chi connectivity index (χ2n) is 4.49. The fourth-order valence-corrected chi connectivity index (χ4v) is 2.03. The number of amides is 1. The van der Waals surface area contributed by atoms with E-state index in [1.54, 1.807) is 48.5 Å². The van der Waals surface area contributed by atoms with Crippen molar-refractivity contribution in [2.75, 3.05) is 5.32 Å². The molecular formula is C15H11ClN4O2. The van der Waals surface area contributed by atoms with Crippen LogP contribution in [0.25, 0.3) is 5.69 Å². The second kappa shape index (κ2) is 5.87. The number of benzene rings is 2. The van der Waals surface area contributed by atoms with Crippen LogP contribution in [0.3, 0.4) is 0 Å². The van der Waals surface area contributed by atoms with E-state index < -0.39 is 5.69 Å². The molecule has 0 fully saturated rings. The Bertz CT molecular complexity index is 853. The lowest BCUT2D eigenvalue weighted by molar-refractivity contribution is 0.102. The number of hydrogen-bond acceptors (Lipinski definition) is 3. The number of aromatic nitrogens is 3. The van der Waals surface area contributed by atoms with Crippen molar-refractivity contribution in [3.05, 3.63) is 75.7 Å². The van der Waals surface area contributed by atoms with Crippen LogP contribution in [0, 0.1) is 0 Å². The number of nitrogens with zero attached hydrogens (tertiary/aromatic N) is 2. The molecule has 3 aromatic rings. The predicted molar refractivity (Wildman–Crippen MR) is 83.6 cm³/mol. The minimum Gasteiger partial charge on any atom is -0.291 e. The lowest BCUT2D eigenvalue weighted by Crippen LogP contribution is -2.15. The van der Waals surface area contributed by atoms with E-state index in [0.29, 0.717) is 16.3 Å². The van der Waals surface area contributed by atoms with E-state index >= 15 is 0 Å². The van der Waals surface area contributed by atoms with Gasteiger partial charge in [0.05, 0.1) is 5.69 Å². The van der Waals surface area contributed by atoms with Gasteiger partial charge in [-0.05, 0) is 36.4 Å². The number of carbonyl (C=O) groups excluding carboxylic acids is 1. The fourth-order valence-electron chi connectivity index (χ4n) is 1.91. The molecule has 22 heavy (non-hydrogen) atoms. The summed E-state index contributed by atoms with van der Waals surface area (Å²) in [5.41, 5.74) is 0.570. The summed E-state index contributed by atoms with van der Waals surface area (Å²) in [4.78, 5) is 26.4. The number of H-pyrrole nitrogens is 1. The highest BCUT2D eigenvalue weighted by Gasteiger charge is 2.11. The standard InChI is InChI=1S/C15H11ClN4O2/c16-11-6-8-12(9-7-11)20-15(22)18-14(19-20)17-13(21)10-4-2-1-3-5-10/h1-9H,(H2,17,18,19,21,22). The van der Waals surface area contributed by atoms with Gasteiger partial charge in [-0.2, -0.15) is 4.68 Å². The quantitative estimate of drug-likeness (QED) is 0.779. The van der Waals surface area contributed by atoms with Crippen LogP contribution in [0.15, 0.2) is 59.4 Å². The molecule has 0 spiro atoms. The predicted octanol–water partition coefficient (Wildman–Crippen LogP) is 2.47. The Labute approximate surface area is 130 Å². The zero-order chi connectivity index (χ0) is 15.5. The zero-order valence-electron chi connectivity index (χ0n) is 11.3. The third kappa shape index (κ3) is 2.91. The van der Waals surface area contributed by atoms with E-state index in [2.05, 4.69) is 15.4 Å². The Balaban J connectivity index is 1.85. The topological polar surface area (TPSA) is 79.8 Å². The molecule has 1 aromatic heterocycles. The summed E-state index contributed by atoms with van der Waals surface area (Å²) in [7, 11) is 0. The first-order valence-corrected chi connectivity index (χ1v) is 6.83. The number of hydrogen-bond donors (Lipinski definition) is 2. The van der Waals surface area contributed by atoms with Crippen LogP contribution in [0.4, 0.5) is 5.95 Å². The molecule has 3 rings (SSSR count). The van der Waals surface area contributed by atoms with Crippen molar-refractivity contribution in [3.63, 3.8) is 0 Å². The third-order valence-electron chi connectivity index (χ3n) is 2.96. The highest BCUT2D eigenvalue weighted by molar-refractivity contribution is 6.30. The molecule has 1 amide bonds. The van der Waals surface area contributed by atoms with Crippen LogP contribution in [0.1, 0.15) is 10.4 Å². The molecule has 0 aliphatic carbocycles. The molecule has 0 bridgehead atoms. The van der Waals surface area contributed by atoms with Crippen LogP contribution in [0.5, 0.6) is 0 Å². The first kappa shape index (κ1) is 14.1. The minimum atomic E-state index is -0.453. The molecule has 0 saturated carbocycles. The van der Waals surface area contributed by atoms with Crippen molar-refractivity contribution >= 4 is 23.5 Å². The Hall–Kier alpha value is -2.86. The SMILES string of the molecule is O=C(Nc1nn(-c2ccc(Cl)cc2)c(=O)[nH]1)c1ccccc1. The zero-order valence-corrected chi connectivity index (χ0v) is 12.0. The molecule has 110 valence electrons. The molecular weight excluding hydrogens is 304 g/mol. The molecule has 7 heteroatoms. The Morgan fingerprint density at radius 1 is 1.09 bits per heavy atom. The summed E-state index contributed by atoms with van der Waals surface area (Å²) in [5, 5.41) is 7.16. The summed E-state index contributed by atoms with van der Waals surface area (Å²) in [6.07, 6.45) is 0. The van der Waals surface area contributed by atoms with E-state index in [1.165, 1.54) is 0 Å². The minimum absolute atomic E-state index is 0.0776. The second-order valence-corrected chi connectivity index (χ2v) is 4.92. The van der Waals surface area contributed by atoms with Gasteiger partial charge in [0.1, 0.15) is 0 Å². The largest absolute Gasteiger partial charge is 0.349 e. The van der Waals surface area contributed by atoms with Crippen LogP contribution in [-0.4, -0.2) is 20.7 Å². The van der Waals surface area contributed by atoms with Crippen LogP contribution in [0.2, 0.25) is 5.02 Å². The maximum absolute atomic E-state index is 12.0. The molecule has 0 atom stereocenters. The number of halogens is 1. The van der Waals surface area contributed by atoms with Gasteiger partial charge < -0.3 is 0 Å². The van der Waals surface area contributed by atoms with Crippen molar-refractivity contribution in [2.24, 2.45) is 0 Å². The molecule has 6 nitrogen and oxygen atoms in total. The van der Waals surface area contributed by atoms with E-state index in [1.807, 2.05) is 6.07 Å². The van der Waals surface area contributed by atoms with E-state index in [4.69, 9.17) is 11.6 Å². The Morgan fingerprint density at radius 2 is 1.77 bits per heavy atom. The van der Waals surface area contributed by atoms with E-state index in [-0.39, 0.29) is 11.9 Å². The number of nitrogens with one attached hydrogen (secondary N) is 2.